The summed E-state index contributed by atoms with van der Waals surface area (Å²) < 4.78 is 1.11. The van der Waals surface area contributed by atoms with Gasteiger partial charge in [0.25, 0.3) is 0 Å². The van der Waals surface area contributed by atoms with Gasteiger partial charge in [0.05, 0.1) is 6.10 Å². The molecule has 0 radical (unpaired) electrons. The molecular weight excluding hydrogens is 495 g/mol. The molecule has 3 N–H and O–H groups in total. The first-order chi connectivity index (χ1) is 11.7. The summed E-state index contributed by atoms with van der Waals surface area (Å²) in [6.45, 7) is 2.83. The Kier molecular flexibility index (Phi) is 8.28. The fourth-order valence-electron chi connectivity index (χ4n) is 3.64. The Morgan fingerprint density at radius 1 is 1.28 bits per heavy atom. The molecule has 5 nitrogen and oxygen atoms in total. The van der Waals surface area contributed by atoms with Crippen LogP contribution < -0.4 is 15.5 Å². The van der Waals surface area contributed by atoms with Crippen LogP contribution in [0.4, 0.5) is 5.69 Å². The maximum absolute atomic E-state index is 9.93. The van der Waals surface area contributed by atoms with Gasteiger partial charge in [-0.15, -0.1) is 24.0 Å². The number of nitrogens with zero attached hydrogens (tertiary/aromatic N) is 2. The summed E-state index contributed by atoms with van der Waals surface area (Å²) in [5.41, 5.74) is 1.26. The van der Waals surface area contributed by atoms with Crippen molar-refractivity contribution in [1.29, 1.82) is 0 Å². The molecule has 1 saturated carbocycles. The van der Waals surface area contributed by atoms with Crippen LogP contribution >= 0.6 is 39.9 Å². The van der Waals surface area contributed by atoms with E-state index in [2.05, 4.69) is 60.7 Å². The van der Waals surface area contributed by atoms with Crippen LogP contribution in [-0.4, -0.2) is 49.9 Å². The van der Waals surface area contributed by atoms with Crippen LogP contribution in [0.1, 0.15) is 25.7 Å². The third-order valence-corrected chi connectivity index (χ3v) is 5.62. The number of guanidine groups is 1. The van der Waals surface area contributed by atoms with Gasteiger partial charge in [-0.2, -0.15) is 0 Å². The van der Waals surface area contributed by atoms with Crippen LogP contribution in [0.5, 0.6) is 0 Å². The molecule has 1 aromatic rings. The highest BCUT2D eigenvalue weighted by atomic mass is 127. The molecule has 1 aliphatic carbocycles. The largest absolute Gasteiger partial charge is 0.393 e. The van der Waals surface area contributed by atoms with Gasteiger partial charge in [-0.1, -0.05) is 22.4 Å². The maximum Gasteiger partial charge on any atom is 0.191 e. The Hall–Kier alpha value is -0.540. The zero-order chi connectivity index (χ0) is 16.9. The minimum Gasteiger partial charge on any atom is -0.393 e. The molecule has 140 valence electrons. The lowest BCUT2D eigenvalue weighted by Gasteiger charge is -2.22. The van der Waals surface area contributed by atoms with Crippen LogP contribution in [0, 0.1) is 5.92 Å². The molecule has 1 heterocycles. The van der Waals surface area contributed by atoms with E-state index in [9.17, 15) is 5.11 Å². The van der Waals surface area contributed by atoms with E-state index in [1.54, 1.807) is 0 Å². The first kappa shape index (κ1) is 20.8. The second-order valence-corrected chi connectivity index (χ2v) is 7.68. The smallest absolute Gasteiger partial charge is 0.191 e. The van der Waals surface area contributed by atoms with Crippen LogP contribution in [0.2, 0.25) is 0 Å². The van der Waals surface area contributed by atoms with Gasteiger partial charge in [-0.3, -0.25) is 4.99 Å². The summed E-state index contributed by atoms with van der Waals surface area (Å²) in [6, 6.07) is 8.88. The standard InChI is InChI=1S/C18H27BrN4O.HI/c1-20-18(21-11-13-3-2-4-17(13)24)22-15-9-10-23(12-15)16-7-5-14(19)6-8-16;/h5-8,13,15,17,24H,2-4,9-12H2,1H3,(H2,20,21,22);1H. The number of hydrogen-bond acceptors (Lipinski definition) is 3. The molecule has 0 bridgehead atoms. The summed E-state index contributed by atoms with van der Waals surface area (Å²) in [5, 5.41) is 16.8. The summed E-state index contributed by atoms with van der Waals surface area (Å²) in [4.78, 5) is 6.74. The number of benzene rings is 1. The van der Waals surface area contributed by atoms with E-state index in [4.69, 9.17) is 0 Å². The number of halogens is 2. The third kappa shape index (κ3) is 5.72. The lowest BCUT2D eigenvalue weighted by Crippen LogP contribution is -2.46. The molecule has 2 aliphatic rings. The second-order valence-electron chi connectivity index (χ2n) is 6.76. The predicted molar refractivity (Wildman–Crippen MR) is 118 cm³/mol. The van der Waals surface area contributed by atoms with Crippen molar-refractivity contribution >= 4 is 51.6 Å². The van der Waals surface area contributed by atoms with Gasteiger partial charge in [0.15, 0.2) is 5.96 Å². The molecule has 0 amide bonds. The normalized spacial score (nSPS) is 26.4. The molecule has 1 aromatic carbocycles. The first-order valence-corrected chi connectivity index (χ1v) is 9.61. The molecular formula is C18H28BrIN4O. The monoisotopic (exact) mass is 522 g/mol. The number of rotatable bonds is 4. The van der Waals surface area contributed by atoms with Gasteiger partial charge in [-0.25, -0.2) is 0 Å². The van der Waals surface area contributed by atoms with Crippen molar-refractivity contribution in [2.24, 2.45) is 10.9 Å². The molecule has 3 rings (SSSR count). The van der Waals surface area contributed by atoms with Gasteiger partial charge in [0, 0.05) is 48.8 Å². The average Bonchev–Trinajstić information content (AvgIpc) is 3.21. The molecule has 0 spiro atoms. The Labute approximate surface area is 175 Å². The van der Waals surface area contributed by atoms with E-state index in [1.807, 2.05) is 7.05 Å². The van der Waals surface area contributed by atoms with Crippen molar-refractivity contribution in [1.82, 2.24) is 10.6 Å². The number of hydrogen-bond donors (Lipinski definition) is 3. The maximum atomic E-state index is 9.93. The minimum atomic E-state index is -0.157. The topological polar surface area (TPSA) is 59.9 Å². The summed E-state index contributed by atoms with van der Waals surface area (Å²) >= 11 is 3.48. The second kappa shape index (κ2) is 9.97. The molecule has 2 fully saturated rings. The lowest BCUT2D eigenvalue weighted by atomic mass is 10.1. The summed E-state index contributed by atoms with van der Waals surface area (Å²) in [5.74, 6) is 1.20. The fraction of sp³-hybridized carbons (Fsp3) is 0.611. The highest BCUT2D eigenvalue weighted by Gasteiger charge is 2.26. The Morgan fingerprint density at radius 3 is 2.68 bits per heavy atom. The zero-order valence-electron chi connectivity index (χ0n) is 14.6. The molecule has 1 saturated heterocycles. The average molecular weight is 523 g/mol. The van der Waals surface area contributed by atoms with E-state index in [0.717, 1.165) is 55.7 Å². The minimum absolute atomic E-state index is 0. The van der Waals surface area contributed by atoms with Crippen LogP contribution in [0.15, 0.2) is 33.7 Å². The predicted octanol–water partition coefficient (Wildman–Crippen LogP) is 2.97. The van der Waals surface area contributed by atoms with Gasteiger partial charge < -0.3 is 20.6 Å². The van der Waals surface area contributed by atoms with Crippen LogP contribution in [0.3, 0.4) is 0 Å². The quantitative estimate of drug-likeness (QED) is 0.323. The number of nitrogens with one attached hydrogen (secondary N) is 2. The van der Waals surface area contributed by atoms with Crippen molar-refractivity contribution in [2.45, 2.75) is 37.8 Å². The molecule has 25 heavy (non-hydrogen) atoms. The fourth-order valence-corrected chi connectivity index (χ4v) is 3.90. The van der Waals surface area contributed by atoms with Crippen molar-refractivity contribution in [3.8, 4) is 0 Å². The van der Waals surface area contributed by atoms with Gasteiger partial charge in [0.1, 0.15) is 0 Å². The van der Waals surface area contributed by atoms with Gasteiger partial charge >= 0.3 is 0 Å². The zero-order valence-corrected chi connectivity index (χ0v) is 18.5. The highest BCUT2D eigenvalue weighted by Crippen LogP contribution is 2.25. The molecule has 7 heteroatoms. The van der Waals surface area contributed by atoms with E-state index in [1.165, 1.54) is 5.69 Å². The number of aliphatic hydroxyl groups is 1. The Balaban J connectivity index is 0.00000225. The number of aliphatic imine (C=N–C) groups is 1. The van der Waals surface area contributed by atoms with Crippen molar-refractivity contribution in [3.63, 3.8) is 0 Å². The molecule has 3 atom stereocenters. The van der Waals surface area contributed by atoms with Gasteiger partial charge in [0.2, 0.25) is 0 Å². The van der Waals surface area contributed by atoms with Crippen molar-refractivity contribution < 1.29 is 5.11 Å². The Morgan fingerprint density at radius 2 is 2.04 bits per heavy atom. The number of anilines is 1. The molecule has 1 aliphatic heterocycles. The summed E-state index contributed by atoms with van der Waals surface area (Å²) in [6.07, 6.45) is 4.11. The molecule has 0 aromatic heterocycles. The van der Waals surface area contributed by atoms with E-state index >= 15 is 0 Å². The Bertz CT molecular complexity index is 569. The van der Waals surface area contributed by atoms with Crippen molar-refractivity contribution in [3.05, 3.63) is 28.7 Å². The van der Waals surface area contributed by atoms with Crippen LogP contribution in [0.25, 0.3) is 0 Å². The number of aliphatic hydroxyl groups excluding tert-OH is 1. The van der Waals surface area contributed by atoms with E-state index in [-0.39, 0.29) is 30.1 Å². The third-order valence-electron chi connectivity index (χ3n) is 5.10. The van der Waals surface area contributed by atoms with Crippen LogP contribution in [-0.2, 0) is 0 Å². The first-order valence-electron chi connectivity index (χ1n) is 8.81. The SMILES string of the molecule is CN=C(NCC1CCCC1O)NC1CCN(c2ccc(Br)cc2)C1.I. The van der Waals surface area contributed by atoms with Crippen molar-refractivity contribution in [2.75, 3.05) is 31.6 Å². The highest BCUT2D eigenvalue weighted by molar-refractivity contribution is 14.0. The lowest BCUT2D eigenvalue weighted by molar-refractivity contribution is 0.134. The van der Waals surface area contributed by atoms with Gasteiger partial charge in [-0.05, 0) is 43.5 Å². The van der Waals surface area contributed by atoms with E-state index < -0.39 is 0 Å². The summed E-state index contributed by atoms with van der Waals surface area (Å²) in [7, 11) is 1.81. The van der Waals surface area contributed by atoms with E-state index in [0.29, 0.717) is 12.0 Å². The molecule has 3 unspecified atom stereocenters.